The monoisotopic (exact) mass is 419 g/mol. The molecule has 31 heavy (non-hydrogen) atoms. The van der Waals surface area contributed by atoms with E-state index in [9.17, 15) is 4.39 Å². The average molecular weight is 420 g/mol. The highest BCUT2D eigenvalue weighted by Crippen LogP contribution is 2.22. The first-order chi connectivity index (χ1) is 15.3. The molecule has 3 aromatic rings. The number of rotatable bonds is 8. The summed E-state index contributed by atoms with van der Waals surface area (Å²) < 4.78 is 25.5. The number of hydrazone groups is 1. The maximum atomic E-state index is 14.5. The number of morpholine rings is 1. The Balaban J connectivity index is 1.42. The van der Waals surface area contributed by atoms with Crippen molar-refractivity contribution in [1.82, 2.24) is 4.90 Å². The number of ether oxygens (including phenoxy) is 2. The molecule has 0 aliphatic carbocycles. The van der Waals surface area contributed by atoms with Crippen molar-refractivity contribution in [1.29, 1.82) is 0 Å². The maximum Gasteiger partial charge on any atom is 0.167 e. The molecule has 0 radical (unpaired) electrons. The first kappa shape index (κ1) is 21.0. The van der Waals surface area contributed by atoms with Crippen LogP contribution in [0.1, 0.15) is 11.1 Å². The zero-order chi connectivity index (χ0) is 21.3. The van der Waals surface area contributed by atoms with E-state index in [2.05, 4.69) is 15.4 Å². The molecular weight excluding hydrogens is 393 g/mol. The Kier molecular flexibility index (Phi) is 7.26. The van der Waals surface area contributed by atoms with Gasteiger partial charge in [-0.1, -0.05) is 60.7 Å². The Hall–Kier alpha value is -3.22. The molecule has 0 unspecified atom stereocenters. The molecular formula is C25H26FN3O2. The molecule has 0 atom stereocenters. The molecule has 0 bridgehead atoms. The summed E-state index contributed by atoms with van der Waals surface area (Å²) >= 11 is 0. The van der Waals surface area contributed by atoms with Crippen molar-refractivity contribution in [3.8, 4) is 5.75 Å². The molecule has 1 aliphatic rings. The zero-order valence-electron chi connectivity index (χ0n) is 17.3. The highest BCUT2D eigenvalue weighted by atomic mass is 19.1. The number of halogens is 1. The van der Waals surface area contributed by atoms with Gasteiger partial charge in [0.2, 0.25) is 0 Å². The lowest BCUT2D eigenvalue weighted by molar-refractivity contribution is 0.0320. The van der Waals surface area contributed by atoms with Crippen molar-refractivity contribution in [2.45, 2.75) is 0 Å². The molecule has 5 nitrogen and oxygen atoms in total. The Labute approximate surface area is 182 Å². The van der Waals surface area contributed by atoms with Crippen LogP contribution in [0.3, 0.4) is 0 Å². The summed E-state index contributed by atoms with van der Waals surface area (Å²) in [6, 6.07) is 24.6. The Morgan fingerprint density at radius 2 is 1.58 bits per heavy atom. The maximum absolute atomic E-state index is 14.5. The van der Waals surface area contributed by atoms with Crippen molar-refractivity contribution in [2.75, 3.05) is 44.9 Å². The first-order valence-electron chi connectivity index (χ1n) is 10.5. The van der Waals surface area contributed by atoms with Gasteiger partial charge in [-0.3, -0.25) is 10.3 Å². The molecule has 1 saturated heterocycles. The van der Waals surface area contributed by atoms with E-state index in [1.165, 1.54) is 6.07 Å². The summed E-state index contributed by atoms with van der Waals surface area (Å²) in [5.41, 5.74) is 6.28. The van der Waals surface area contributed by atoms with Crippen LogP contribution in [0, 0.1) is 5.82 Å². The van der Waals surface area contributed by atoms with Gasteiger partial charge in [-0.2, -0.15) is 5.10 Å². The van der Waals surface area contributed by atoms with Crippen LogP contribution < -0.4 is 10.2 Å². The van der Waals surface area contributed by atoms with E-state index < -0.39 is 5.82 Å². The van der Waals surface area contributed by atoms with Crippen molar-refractivity contribution >= 4 is 11.4 Å². The second kappa shape index (κ2) is 10.7. The summed E-state index contributed by atoms with van der Waals surface area (Å²) in [6.07, 6.45) is 0. The third-order valence-electron chi connectivity index (χ3n) is 5.09. The molecule has 160 valence electrons. The predicted molar refractivity (Wildman–Crippen MR) is 121 cm³/mol. The summed E-state index contributed by atoms with van der Waals surface area (Å²) in [5.74, 6) is -0.169. The third kappa shape index (κ3) is 5.90. The van der Waals surface area contributed by atoms with Crippen LogP contribution in [0.15, 0.2) is 84.0 Å². The van der Waals surface area contributed by atoms with E-state index in [0.717, 1.165) is 49.7 Å². The van der Waals surface area contributed by atoms with Crippen molar-refractivity contribution < 1.29 is 13.9 Å². The zero-order valence-corrected chi connectivity index (χ0v) is 17.3. The van der Waals surface area contributed by atoms with Crippen molar-refractivity contribution in [2.24, 2.45) is 5.10 Å². The smallest absolute Gasteiger partial charge is 0.167 e. The molecule has 0 saturated carbocycles. The minimum Gasteiger partial charge on any atom is -0.489 e. The predicted octanol–water partition coefficient (Wildman–Crippen LogP) is 4.40. The topological polar surface area (TPSA) is 46.1 Å². The van der Waals surface area contributed by atoms with Crippen LogP contribution in [0.25, 0.3) is 0 Å². The van der Waals surface area contributed by atoms with Crippen LogP contribution in [0.4, 0.5) is 10.1 Å². The summed E-state index contributed by atoms with van der Waals surface area (Å²) in [4.78, 5) is 2.25. The van der Waals surface area contributed by atoms with E-state index >= 15 is 0 Å². The molecule has 1 N–H and O–H groups in total. The fourth-order valence-corrected chi connectivity index (χ4v) is 3.41. The van der Waals surface area contributed by atoms with E-state index in [0.29, 0.717) is 12.3 Å². The molecule has 1 fully saturated rings. The molecule has 3 aromatic carbocycles. The molecule has 0 aromatic heterocycles. The van der Waals surface area contributed by atoms with Crippen molar-refractivity contribution in [3.63, 3.8) is 0 Å². The Morgan fingerprint density at radius 1 is 0.935 bits per heavy atom. The fourth-order valence-electron chi connectivity index (χ4n) is 3.41. The van der Waals surface area contributed by atoms with E-state index in [4.69, 9.17) is 9.47 Å². The second-order valence-electron chi connectivity index (χ2n) is 7.25. The van der Waals surface area contributed by atoms with Gasteiger partial charge in [0, 0.05) is 36.8 Å². The van der Waals surface area contributed by atoms with Crippen LogP contribution in [0.5, 0.6) is 5.75 Å². The van der Waals surface area contributed by atoms with Gasteiger partial charge in [-0.15, -0.1) is 0 Å². The fraction of sp³-hybridized carbons (Fsp3) is 0.240. The molecule has 6 heteroatoms. The molecule has 0 spiro atoms. The van der Waals surface area contributed by atoms with Gasteiger partial charge in [0.25, 0.3) is 0 Å². The van der Waals surface area contributed by atoms with Gasteiger partial charge in [-0.05, 0) is 12.1 Å². The van der Waals surface area contributed by atoms with E-state index in [-0.39, 0.29) is 5.75 Å². The van der Waals surface area contributed by atoms with Crippen LogP contribution in [0.2, 0.25) is 0 Å². The Bertz CT molecular complexity index is 949. The van der Waals surface area contributed by atoms with Crippen molar-refractivity contribution in [3.05, 3.63) is 95.8 Å². The van der Waals surface area contributed by atoms with Crippen LogP contribution in [-0.4, -0.2) is 50.1 Å². The highest BCUT2D eigenvalue weighted by Gasteiger charge is 2.11. The molecule has 4 rings (SSSR count). The lowest BCUT2D eigenvalue weighted by Crippen LogP contribution is -2.38. The van der Waals surface area contributed by atoms with Gasteiger partial charge in [-0.25, -0.2) is 4.39 Å². The van der Waals surface area contributed by atoms with Crippen LogP contribution >= 0.6 is 0 Å². The number of hydrogen-bond acceptors (Lipinski definition) is 5. The van der Waals surface area contributed by atoms with Crippen LogP contribution in [-0.2, 0) is 4.74 Å². The van der Waals surface area contributed by atoms with E-state index in [1.807, 2.05) is 60.7 Å². The molecule has 1 aliphatic heterocycles. The van der Waals surface area contributed by atoms with Gasteiger partial charge >= 0.3 is 0 Å². The first-order valence-corrected chi connectivity index (χ1v) is 10.5. The highest BCUT2D eigenvalue weighted by molar-refractivity contribution is 6.13. The summed E-state index contributed by atoms with van der Waals surface area (Å²) in [6.45, 7) is 4.45. The Morgan fingerprint density at radius 3 is 2.19 bits per heavy atom. The largest absolute Gasteiger partial charge is 0.489 e. The lowest BCUT2D eigenvalue weighted by atomic mass is 10.0. The quantitative estimate of drug-likeness (QED) is 0.434. The lowest BCUT2D eigenvalue weighted by Gasteiger charge is -2.26. The van der Waals surface area contributed by atoms with E-state index in [1.54, 1.807) is 12.1 Å². The van der Waals surface area contributed by atoms with Gasteiger partial charge in [0.15, 0.2) is 11.6 Å². The minimum atomic E-state index is -0.414. The number of nitrogens with one attached hydrogen (secondary N) is 1. The standard InChI is InChI=1S/C25H26FN3O2/c26-23-19-22(11-12-24(23)31-18-15-29-13-16-30-17-14-29)27-28-25(20-7-3-1-4-8-20)21-9-5-2-6-10-21/h1-12,19,27H,13-18H2. The van der Waals surface area contributed by atoms with Gasteiger partial charge in [0.1, 0.15) is 6.61 Å². The number of nitrogens with zero attached hydrogens (tertiary/aromatic N) is 2. The summed E-state index contributed by atoms with van der Waals surface area (Å²) in [5, 5.41) is 4.57. The SMILES string of the molecule is Fc1cc(NN=C(c2ccccc2)c2ccccc2)ccc1OCCN1CCOCC1. The number of hydrogen-bond donors (Lipinski definition) is 1. The minimum absolute atomic E-state index is 0.245. The molecule has 0 amide bonds. The number of benzene rings is 3. The average Bonchev–Trinajstić information content (AvgIpc) is 2.83. The molecule has 1 heterocycles. The normalized spacial score (nSPS) is 14.1. The summed E-state index contributed by atoms with van der Waals surface area (Å²) in [7, 11) is 0. The number of anilines is 1. The van der Waals surface area contributed by atoms with Gasteiger partial charge < -0.3 is 9.47 Å². The second-order valence-corrected chi connectivity index (χ2v) is 7.25. The third-order valence-corrected chi connectivity index (χ3v) is 5.09. The van der Waals surface area contributed by atoms with Gasteiger partial charge in [0.05, 0.1) is 24.6 Å².